The first-order valence-corrected chi connectivity index (χ1v) is 7.15. The number of benzene rings is 1. The molecule has 2 aromatic rings. The maximum Gasteiger partial charge on any atom is 0.146 e. The molecule has 0 radical (unpaired) electrons. The molecule has 0 spiro atoms. The van der Waals surface area contributed by atoms with Gasteiger partial charge in [0.2, 0.25) is 0 Å². The molecule has 5 heteroatoms. The van der Waals surface area contributed by atoms with Crippen molar-refractivity contribution in [2.24, 2.45) is 0 Å². The zero-order valence-electron chi connectivity index (χ0n) is 10.4. The Labute approximate surface area is 120 Å². The number of hydrogen-bond acceptors (Lipinski definition) is 4. The van der Waals surface area contributed by atoms with Crippen LogP contribution in [0.3, 0.4) is 0 Å². The topological polar surface area (TPSA) is 63.8 Å². The molecule has 0 aliphatic heterocycles. The highest BCUT2D eigenvalue weighted by atomic mass is 79.9. The number of anilines is 2. The summed E-state index contributed by atoms with van der Waals surface area (Å²) >= 11 is 3.43. The number of nitrogens with zero attached hydrogens (tertiary/aromatic N) is 2. The standard InChI is InChI=1S/C14H15BrN4/c15-12-13(16)17-8-18-14(12)19-11-7-3-5-9-4-1-2-6-10(9)11/h1-2,4,6,8,11H,3,5,7H2,(H3,16,17,18,19). The van der Waals surface area contributed by atoms with E-state index in [9.17, 15) is 0 Å². The molecule has 1 aromatic carbocycles. The highest BCUT2D eigenvalue weighted by molar-refractivity contribution is 9.10. The summed E-state index contributed by atoms with van der Waals surface area (Å²) in [4.78, 5) is 8.21. The van der Waals surface area contributed by atoms with Crippen LogP contribution in [-0.4, -0.2) is 9.97 Å². The van der Waals surface area contributed by atoms with Crippen LogP contribution in [-0.2, 0) is 6.42 Å². The number of nitrogens with one attached hydrogen (secondary N) is 1. The van der Waals surface area contributed by atoms with E-state index >= 15 is 0 Å². The fraction of sp³-hybridized carbons (Fsp3) is 0.286. The van der Waals surface area contributed by atoms with Gasteiger partial charge in [0.1, 0.15) is 22.4 Å². The van der Waals surface area contributed by atoms with E-state index in [0.717, 1.165) is 23.1 Å². The fourth-order valence-electron chi connectivity index (χ4n) is 2.55. The van der Waals surface area contributed by atoms with Crippen LogP contribution >= 0.6 is 15.9 Å². The third kappa shape index (κ3) is 2.42. The van der Waals surface area contributed by atoms with E-state index < -0.39 is 0 Å². The van der Waals surface area contributed by atoms with E-state index in [1.165, 1.54) is 23.9 Å². The maximum atomic E-state index is 5.78. The van der Waals surface area contributed by atoms with E-state index in [1.807, 2.05) is 0 Å². The lowest BCUT2D eigenvalue weighted by Crippen LogP contribution is -2.18. The number of halogens is 1. The Morgan fingerprint density at radius 3 is 3.00 bits per heavy atom. The largest absolute Gasteiger partial charge is 0.383 e. The van der Waals surface area contributed by atoms with E-state index in [1.54, 1.807) is 0 Å². The van der Waals surface area contributed by atoms with Gasteiger partial charge in [-0.25, -0.2) is 9.97 Å². The second-order valence-corrected chi connectivity index (χ2v) is 5.50. The third-order valence-electron chi connectivity index (χ3n) is 3.50. The molecule has 0 saturated heterocycles. The summed E-state index contributed by atoms with van der Waals surface area (Å²) in [6, 6.07) is 8.86. The first-order chi connectivity index (χ1) is 9.25. The number of aromatic nitrogens is 2. The molecule has 3 rings (SSSR count). The number of hydrogen-bond donors (Lipinski definition) is 2. The lowest BCUT2D eigenvalue weighted by Gasteiger charge is -2.27. The maximum absolute atomic E-state index is 5.78. The summed E-state index contributed by atoms with van der Waals surface area (Å²) in [5.74, 6) is 1.22. The van der Waals surface area contributed by atoms with Crippen LogP contribution in [0.4, 0.5) is 11.6 Å². The second-order valence-electron chi connectivity index (χ2n) is 4.71. The molecule has 1 aliphatic carbocycles. The molecule has 1 aromatic heterocycles. The van der Waals surface area contributed by atoms with Crippen LogP contribution in [0.5, 0.6) is 0 Å². The van der Waals surface area contributed by atoms with E-state index in [2.05, 4.69) is 55.5 Å². The van der Waals surface area contributed by atoms with Crippen molar-refractivity contribution in [1.29, 1.82) is 0 Å². The summed E-state index contributed by atoms with van der Waals surface area (Å²) in [5, 5.41) is 3.47. The van der Waals surface area contributed by atoms with Gasteiger partial charge in [0.15, 0.2) is 0 Å². The van der Waals surface area contributed by atoms with Crippen molar-refractivity contribution >= 4 is 27.6 Å². The molecule has 4 nitrogen and oxygen atoms in total. The molecule has 0 bridgehead atoms. The van der Waals surface area contributed by atoms with Crippen molar-refractivity contribution < 1.29 is 0 Å². The number of aryl methyl sites for hydroxylation is 1. The number of rotatable bonds is 2. The van der Waals surface area contributed by atoms with Gasteiger partial charge < -0.3 is 11.1 Å². The lowest BCUT2D eigenvalue weighted by atomic mass is 9.88. The molecule has 3 N–H and O–H groups in total. The Bertz CT molecular complexity index is 600. The molecule has 19 heavy (non-hydrogen) atoms. The van der Waals surface area contributed by atoms with Crippen LogP contribution in [0, 0.1) is 0 Å². The monoisotopic (exact) mass is 318 g/mol. The zero-order chi connectivity index (χ0) is 13.2. The van der Waals surface area contributed by atoms with Gasteiger partial charge in [-0.3, -0.25) is 0 Å². The van der Waals surface area contributed by atoms with Gasteiger partial charge in [0.25, 0.3) is 0 Å². The highest BCUT2D eigenvalue weighted by Crippen LogP contribution is 2.34. The van der Waals surface area contributed by atoms with Crippen molar-refractivity contribution in [3.8, 4) is 0 Å². The molecule has 0 saturated carbocycles. The molecule has 1 heterocycles. The van der Waals surface area contributed by atoms with E-state index in [0.29, 0.717) is 5.82 Å². The van der Waals surface area contributed by atoms with Gasteiger partial charge >= 0.3 is 0 Å². The SMILES string of the molecule is Nc1ncnc(NC2CCCc3ccccc32)c1Br. The first-order valence-electron chi connectivity index (χ1n) is 6.36. The van der Waals surface area contributed by atoms with Crippen molar-refractivity contribution in [2.75, 3.05) is 11.1 Å². The minimum Gasteiger partial charge on any atom is -0.383 e. The minimum atomic E-state index is 0.288. The Kier molecular flexibility index (Phi) is 3.38. The zero-order valence-corrected chi connectivity index (χ0v) is 12.0. The Morgan fingerprint density at radius 2 is 2.11 bits per heavy atom. The fourth-order valence-corrected chi connectivity index (χ4v) is 2.87. The van der Waals surface area contributed by atoms with Crippen LogP contribution in [0.1, 0.15) is 30.0 Å². The smallest absolute Gasteiger partial charge is 0.146 e. The van der Waals surface area contributed by atoms with Crippen molar-refractivity contribution in [3.63, 3.8) is 0 Å². The average Bonchev–Trinajstić information content (AvgIpc) is 2.44. The van der Waals surface area contributed by atoms with Crippen LogP contribution in [0.2, 0.25) is 0 Å². The average molecular weight is 319 g/mol. The Balaban J connectivity index is 1.91. The van der Waals surface area contributed by atoms with Crippen LogP contribution in [0.25, 0.3) is 0 Å². The van der Waals surface area contributed by atoms with Gasteiger partial charge in [-0.15, -0.1) is 0 Å². The summed E-state index contributed by atoms with van der Waals surface area (Å²) in [7, 11) is 0. The predicted molar refractivity (Wildman–Crippen MR) is 79.9 cm³/mol. The molecule has 1 aliphatic rings. The van der Waals surface area contributed by atoms with Crippen LogP contribution < -0.4 is 11.1 Å². The van der Waals surface area contributed by atoms with Gasteiger partial charge in [0.05, 0.1) is 6.04 Å². The molecule has 98 valence electrons. The van der Waals surface area contributed by atoms with Crippen molar-refractivity contribution in [2.45, 2.75) is 25.3 Å². The van der Waals surface area contributed by atoms with Gasteiger partial charge in [0, 0.05) is 0 Å². The summed E-state index contributed by atoms with van der Waals surface area (Å²) in [5.41, 5.74) is 8.56. The van der Waals surface area contributed by atoms with Gasteiger partial charge in [-0.2, -0.15) is 0 Å². The number of fused-ring (bicyclic) bond motifs is 1. The first kappa shape index (κ1) is 12.4. The van der Waals surface area contributed by atoms with Crippen molar-refractivity contribution in [1.82, 2.24) is 9.97 Å². The molecule has 1 unspecified atom stereocenters. The van der Waals surface area contributed by atoms with E-state index in [4.69, 9.17) is 5.73 Å². The Morgan fingerprint density at radius 1 is 1.26 bits per heavy atom. The second kappa shape index (κ2) is 5.17. The quantitative estimate of drug-likeness (QED) is 0.891. The van der Waals surface area contributed by atoms with Crippen molar-refractivity contribution in [3.05, 3.63) is 46.2 Å². The third-order valence-corrected chi connectivity index (χ3v) is 4.28. The summed E-state index contributed by atoms with van der Waals surface area (Å²) in [6.07, 6.45) is 4.93. The minimum absolute atomic E-state index is 0.288. The molecule has 0 fully saturated rings. The lowest BCUT2D eigenvalue weighted by molar-refractivity contribution is 0.598. The van der Waals surface area contributed by atoms with Gasteiger partial charge in [-0.05, 0) is 46.3 Å². The normalized spacial score (nSPS) is 17.8. The highest BCUT2D eigenvalue weighted by Gasteiger charge is 2.21. The number of nitrogens with two attached hydrogens (primary N) is 1. The number of nitrogen functional groups attached to an aromatic ring is 1. The summed E-state index contributed by atoms with van der Waals surface area (Å²) in [6.45, 7) is 0. The predicted octanol–water partition coefficient (Wildman–Crippen LogP) is 3.31. The molecule has 0 amide bonds. The molecular formula is C14H15BrN4. The molecular weight excluding hydrogens is 304 g/mol. The summed E-state index contributed by atoms with van der Waals surface area (Å²) < 4.78 is 0.734. The van der Waals surface area contributed by atoms with Gasteiger partial charge in [-0.1, -0.05) is 24.3 Å². The van der Waals surface area contributed by atoms with E-state index in [-0.39, 0.29) is 6.04 Å². The van der Waals surface area contributed by atoms with Crippen LogP contribution in [0.15, 0.2) is 35.1 Å². The molecule has 1 atom stereocenters. The Hall–Kier alpha value is -1.62.